The minimum Gasteiger partial charge on any atom is -0.495 e. The number of methoxy groups -OCH3 is 1. The monoisotopic (exact) mass is 238 g/mol. The summed E-state index contributed by atoms with van der Waals surface area (Å²) in [4.78, 5) is 12.3. The first-order valence-corrected chi connectivity index (χ1v) is 5.33. The minimum absolute atomic E-state index is 0.0538. The van der Waals surface area contributed by atoms with Crippen molar-refractivity contribution in [3.05, 3.63) is 23.8 Å². The quantitative estimate of drug-likeness (QED) is 0.772. The summed E-state index contributed by atoms with van der Waals surface area (Å²) in [5.41, 5.74) is 1.87. The van der Waals surface area contributed by atoms with Crippen LogP contribution in [0.2, 0.25) is 0 Å². The average molecular weight is 238 g/mol. The maximum Gasteiger partial charge on any atom is 0.323 e. The second-order valence-corrected chi connectivity index (χ2v) is 3.79. The van der Waals surface area contributed by atoms with Gasteiger partial charge in [-0.3, -0.25) is 4.79 Å². The SMILES string of the molecule is CNCc1ccc(N(C)CC(=O)O)c(OC)c1. The highest BCUT2D eigenvalue weighted by molar-refractivity contribution is 5.75. The fraction of sp³-hybridized carbons (Fsp3) is 0.417. The van der Waals surface area contributed by atoms with Crippen LogP contribution in [0.15, 0.2) is 18.2 Å². The van der Waals surface area contributed by atoms with Crippen LogP contribution in [0.1, 0.15) is 5.56 Å². The summed E-state index contributed by atoms with van der Waals surface area (Å²) < 4.78 is 5.27. The van der Waals surface area contributed by atoms with Gasteiger partial charge in [-0.1, -0.05) is 6.07 Å². The number of carboxylic acid groups (broad SMARTS) is 1. The number of hydrogen-bond acceptors (Lipinski definition) is 4. The van der Waals surface area contributed by atoms with Gasteiger partial charge < -0.3 is 20.1 Å². The molecule has 0 aliphatic heterocycles. The van der Waals surface area contributed by atoms with Crippen LogP contribution in [-0.2, 0) is 11.3 Å². The first-order valence-electron chi connectivity index (χ1n) is 5.33. The first kappa shape index (κ1) is 13.3. The van der Waals surface area contributed by atoms with E-state index in [0.29, 0.717) is 5.75 Å². The molecule has 17 heavy (non-hydrogen) atoms. The van der Waals surface area contributed by atoms with E-state index in [1.807, 2.05) is 25.2 Å². The largest absolute Gasteiger partial charge is 0.495 e. The van der Waals surface area contributed by atoms with Crippen LogP contribution in [0.25, 0.3) is 0 Å². The van der Waals surface area contributed by atoms with Gasteiger partial charge in [0.25, 0.3) is 0 Å². The Morgan fingerprint density at radius 3 is 2.76 bits per heavy atom. The molecule has 0 aliphatic carbocycles. The van der Waals surface area contributed by atoms with Crippen molar-refractivity contribution in [2.75, 3.05) is 32.6 Å². The van der Waals surface area contributed by atoms with Crippen LogP contribution >= 0.6 is 0 Å². The molecule has 0 radical (unpaired) electrons. The van der Waals surface area contributed by atoms with Gasteiger partial charge in [-0.15, -0.1) is 0 Å². The van der Waals surface area contributed by atoms with Crippen LogP contribution in [0.4, 0.5) is 5.69 Å². The van der Waals surface area contributed by atoms with Gasteiger partial charge in [-0.2, -0.15) is 0 Å². The maximum atomic E-state index is 10.7. The molecule has 5 nitrogen and oxygen atoms in total. The number of anilines is 1. The number of rotatable bonds is 6. The van der Waals surface area contributed by atoms with Crippen molar-refractivity contribution in [1.82, 2.24) is 5.32 Å². The van der Waals surface area contributed by atoms with Crippen molar-refractivity contribution in [3.63, 3.8) is 0 Å². The van der Waals surface area contributed by atoms with E-state index in [4.69, 9.17) is 9.84 Å². The van der Waals surface area contributed by atoms with E-state index in [0.717, 1.165) is 17.8 Å². The Balaban J connectivity index is 2.95. The van der Waals surface area contributed by atoms with Gasteiger partial charge in [0, 0.05) is 13.6 Å². The zero-order valence-electron chi connectivity index (χ0n) is 10.4. The summed E-state index contributed by atoms with van der Waals surface area (Å²) >= 11 is 0. The van der Waals surface area contributed by atoms with Crippen LogP contribution in [0.5, 0.6) is 5.75 Å². The molecular formula is C12H18N2O3. The molecule has 2 N–H and O–H groups in total. The molecule has 0 heterocycles. The molecule has 94 valence electrons. The van der Waals surface area contributed by atoms with Gasteiger partial charge in [0.2, 0.25) is 0 Å². The Morgan fingerprint density at radius 1 is 1.53 bits per heavy atom. The third-order valence-corrected chi connectivity index (χ3v) is 2.41. The lowest BCUT2D eigenvalue weighted by Gasteiger charge is -2.20. The van der Waals surface area contributed by atoms with Crippen molar-refractivity contribution in [3.8, 4) is 5.75 Å². The second kappa shape index (κ2) is 6.10. The van der Waals surface area contributed by atoms with Crippen LogP contribution in [-0.4, -0.2) is 38.8 Å². The Morgan fingerprint density at radius 2 is 2.24 bits per heavy atom. The Kier molecular flexibility index (Phi) is 4.78. The molecule has 0 aliphatic rings. The van der Waals surface area contributed by atoms with Gasteiger partial charge in [-0.05, 0) is 24.7 Å². The minimum atomic E-state index is -0.867. The number of ether oxygens (including phenoxy) is 1. The molecule has 5 heteroatoms. The predicted molar refractivity (Wildman–Crippen MR) is 66.7 cm³/mol. The van der Waals surface area contributed by atoms with E-state index in [-0.39, 0.29) is 6.54 Å². The Hall–Kier alpha value is -1.75. The van der Waals surface area contributed by atoms with Crippen LogP contribution < -0.4 is 15.0 Å². The van der Waals surface area contributed by atoms with Gasteiger partial charge in [0.05, 0.1) is 12.8 Å². The fourth-order valence-corrected chi connectivity index (χ4v) is 1.64. The van der Waals surface area contributed by atoms with E-state index in [1.54, 1.807) is 19.1 Å². The molecule has 1 rings (SSSR count). The van der Waals surface area contributed by atoms with Gasteiger partial charge in [0.15, 0.2) is 0 Å². The average Bonchev–Trinajstić information content (AvgIpc) is 2.28. The number of carboxylic acids is 1. The first-order chi connectivity index (χ1) is 8.08. The molecule has 0 bridgehead atoms. The summed E-state index contributed by atoms with van der Waals surface area (Å²) in [5, 5.41) is 11.8. The highest BCUT2D eigenvalue weighted by Crippen LogP contribution is 2.28. The number of carbonyl (C=O) groups is 1. The van der Waals surface area contributed by atoms with Gasteiger partial charge >= 0.3 is 5.97 Å². The number of nitrogens with zero attached hydrogens (tertiary/aromatic N) is 1. The number of likely N-dealkylation sites (N-methyl/N-ethyl adjacent to an activating group) is 1. The summed E-state index contributed by atoms with van der Waals surface area (Å²) in [6.45, 7) is 0.695. The summed E-state index contributed by atoms with van der Waals surface area (Å²) in [6, 6.07) is 5.73. The molecule has 0 fully saturated rings. The number of benzene rings is 1. The molecular weight excluding hydrogens is 220 g/mol. The summed E-state index contributed by atoms with van der Waals surface area (Å²) in [6.07, 6.45) is 0. The third kappa shape index (κ3) is 3.64. The lowest BCUT2D eigenvalue weighted by molar-refractivity contribution is -0.135. The molecule has 0 aromatic heterocycles. The van der Waals surface area contributed by atoms with E-state index in [1.165, 1.54) is 0 Å². The highest BCUT2D eigenvalue weighted by Gasteiger charge is 2.11. The zero-order valence-corrected chi connectivity index (χ0v) is 10.4. The summed E-state index contributed by atoms with van der Waals surface area (Å²) in [7, 11) is 5.18. The van der Waals surface area contributed by atoms with E-state index >= 15 is 0 Å². The van der Waals surface area contributed by atoms with E-state index < -0.39 is 5.97 Å². The van der Waals surface area contributed by atoms with Gasteiger partial charge in [-0.25, -0.2) is 0 Å². The molecule has 1 aromatic rings. The molecule has 1 aromatic carbocycles. The predicted octanol–water partition coefficient (Wildman–Crippen LogP) is 0.935. The highest BCUT2D eigenvalue weighted by atomic mass is 16.5. The zero-order chi connectivity index (χ0) is 12.8. The normalized spacial score (nSPS) is 10.1. The van der Waals surface area contributed by atoms with Gasteiger partial charge in [0.1, 0.15) is 12.3 Å². The number of nitrogens with one attached hydrogen (secondary N) is 1. The van der Waals surface area contributed by atoms with E-state index in [2.05, 4.69) is 5.32 Å². The molecule has 0 saturated carbocycles. The summed E-state index contributed by atoms with van der Waals surface area (Å²) in [5.74, 6) is -0.185. The molecule has 0 unspecified atom stereocenters. The Bertz CT molecular complexity index is 393. The fourth-order valence-electron chi connectivity index (χ4n) is 1.64. The molecule has 0 atom stereocenters. The Labute approximate surface area is 101 Å². The second-order valence-electron chi connectivity index (χ2n) is 3.79. The van der Waals surface area contributed by atoms with Crippen LogP contribution in [0.3, 0.4) is 0 Å². The maximum absolute atomic E-state index is 10.7. The third-order valence-electron chi connectivity index (χ3n) is 2.41. The van der Waals surface area contributed by atoms with Crippen molar-refractivity contribution < 1.29 is 14.6 Å². The number of aliphatic carboxylic acids is 1. The van der Waals surface area contributed by atoms with E-state index in [9.17, 15) is 4.79 Å². The van der Waals surface area contributed by atoms with Crippen molar-refractivity contribution in [2.45, 2.75) is 6.54 Å². The smallest absolute Gasteiger partial charge is 0.323 e. The number of hydrogen-bond donors (Lipinski definition) is 2. The topological polar surface area (TPSA) is 61.8 Å². The lowest BCUT2D eigenvalue weighted by Crippen LogP contribution is -2.25. The van der Waals surface area contributed by atoms with Crippen molar-refractivity contribution in [1.29, 1.82) is 0 Å². The van der Waals surface area contributed by atoms with Crippen LogP contribution in [0, 0.1) is 0 Å². The standard InChI is InChI=1S/C12H18N2O3/c1-13-7-9-4-5-10(11(6-9)17-3)14(2)8-12(15)16/h4-6,13H,7-8H2,1-3H3,(H,15,16). The van der Waals surface area contributed by atoms with Crippen molar-refractivity contribution in [2.24, 2.45) is 0 Å². The van der Waals surface area contributed by atoms with Crippen molar-refractivity contribution >= 4 is 11.7 Å². The lowest BCUT2D eigenvalue weighted by atomic mass is 10.1. The molecule has 0 amide bonds. The molecule has 0 spiro atoms. The molecule has 0 saturated heterocycles.